The molecule has 2 aromatic carbocycles. The van der Waals surface area contributed by atoms with Gasteiger partial charge in [-0.3, -0.25) is 4.79 Å². The summed E-state index contributed by atoms with van der Waals surface area (Å²) in [5, 5.41) is 3.40. The third-order valence-corrected chi connectivity index (χ3v) is 5.45. The van der Waals surface area contributed by atoms with Crippen LogP contribution in [0.2, 0.25) is 5.02 Å². The van der Waals surface area contributed by atoms with Gasteiger partial charge in [0.15, 0.2) is 0 Å². The van der Waals surface area contributed by atoms with E-state index in [9.17, 15) is 13.2 Å². The van der Waals surface area contributed by atoms with E-state index in [2.05, 4.69) is 5.32 Å². The van der Waals surface area contributed by atoms with Crippen LogP contribution in [-0.2, 0) is 21.4 Å². The highest BCUT2D eigenvalue weighted by Gasteiger charge is 2.18. The zero-order valence-electron chi connectivity index (χ0n) is 15.1. The standard InChI is InChI=1S/C19H23ClN2O3S/c1-14-5-4-6-16(11-14)13-22(26(3,24)25)10-9-19(23)21-18-8-7-17(20)12-15(18)2/h4-8,11-12H,9-10,13H2,1-3H3,(H,21,23). The summed E-state index contributed by atoms with van der Waals surface area (Å²) >= 11 is 5.91. The lowest BCUT2D eigenvalue weighted by atomic mass is 10.1. The fourth-order valence-electron chi connectivity index (χ4n) is 2.58. The first-order valence-electron chi connectivity index (χ1n) is 8.22. The number of rotatable bonds is 7. The number of carbonyl (C=O) groups excluding carboxylic acids is 1. The van der Waals surface area contributed by atoms with Gasteiger partial charge in [-0.25, -0.2) is 8.42 Å². The number of hydrogen-bond donors (Lipinski definition) is 1. The van der Waals surface area contributed by atoms with E-state index < -0.39 is 10.0 Å². The van der Waals surface area contributed by atoms with E-state index in [-0.39, 0.29) is 25.4 Å². The molecule has 5 nitrogen and oxygen atoms in total. The molecule has 0 aliphatic heterocycles. The molecule has 0 bridgehead atoms. The van der Waals surface area contributed by atoms with Gasteiger partial charge in [-0.15, -0.1) is 0 Å². The normalized spacial score (nSPS) is 11.6. The number of amides is 1. The number of nitrogens with one attached hydrogen (secondary N) is 1. The van der Waals surface area contributed by atoms with Crippen LogP contribution in [0, 0.1) is 13.8 Å². The van der Waals surface area contributed by atoms with Gasteiger partial charge >= 0.3 is 0 Å². The average molecular weight is 395 g/mol. The number of nitrogens with zero attached hydrogens (tertiary/aromatic N) is 1. The van der Waals surface area contributed by atoms with E-state index in [0.717, 1.165) is 22.9 Å². The third kappa shape index (κ3) is 6.12. The first-order valence-corrected chi connectivity index (χ1v) is 10.4. The van der Waals surface area contributed by atoms with E-state index in [1.807, 2.05) is 38.1 Å². The minimum atomic E-state index is -3.42. The second-order valence-corrected chi connectivity index (χ2v) is 8.76. The van der Waals surface area contributed by atoms with E-state index in [0.29, 0.717) is 10.7 Å². The fraction of sp³-hybridized carbons (Fsp3) is 0.316. The molecule has 0 spiro atoms. The number of hydrogen-bond acceptors (Lipinski definition) is 3. The van der Waals surface area contributed by atoms with Crippen LogP contribution < -0.4 is 5.32 Å². The third-order valence-electron chi connectivity index (χ3n) is 3.96. The number of carbonyl (C=O) groups is 1. The van der Waals surface area contributed by atoms with Gasteiger partial charge in [0.25, 0.3) is 0 Å². The average Bonchev–Trinajstić information content (AvgIpc) is 2.53. The number of benzene rings is 2. The lowest BCUT2D eigenvalue weighted by molar-refractivity contribution is -0.116. The number of sulfonamides is 1. The fourth-order valence-corrected chi connectivity index (χ4v) is 3.62. The maximum atomic E-state index is 12.2. The summed E-state index contributed by atoms with van der Waals surface area (Å²) in [4.78, 5) is 12.2. The predicted molar refractivity (Wildman–Crippen MR) is 106 cm³/mol. The molecule has 0 unspecified atom stereocenters. The van der Waals surface area contributed by atoms with Crippen LogP contribution in [0.1, 0.15) is 23.1 Å². The first kappa shape index (κ1) is 20.4. The number of aryl methyl sites for hydroxylation is 2. The Balaban J connectivity index is 2.01. The summed E-state index contributed by atoms with van der Waals surface area (Å²) in [5.41, 5.74) is 3.48. The molecule has 0 aliphatic carbocycles. The predicted octanol–water partition coefficient (Wildman–Crippen LogP) is 3.75. The Morgan fingerprint density at radius 2 is 1.88 bits per heavy atom. The van der Waals surface area contributed by atoms with Crippen molar-refractivity contribution in [3.63, 3.8) is 0 Å². The molecule has 1 amide bonds. The summed E-state index contributed by atoms with van der Waals surface area (Å²) in [7, 11) is -3.42. The van der Waals surface area contributed by atoms with Crippen LogP contribution in [-0.4, -0.2) is 31.4 Å². The molecule has 0 saturated heterocycles. The molecule has 1 N–H and O–H groups in total. The molecule has 0 atom stereocenters. The molecule has 0 heterocycles. The summed E-state index contributed by atoms with van der Waals surface area (Å²) in [5.74, 6) is -0.242. The van der Waals surface area contributed by atoms with Crippen molar-refractivity contribution in [1.29, 1.82) is 0 Å². The van der Waals surface area contributed by atoms with Gasteiger partial charge in [-0.1, -0.05) is 41.4 Å². The van der Waals surface area contributed by atoms with Crippen molar-refractivity contribution in [3.8, 4) is 0 Å². The second kappa shape index (κ2) is 8.66. The maximum absolute atomic E-state index is 12.2. The molecule has 140 valence electrons. The molecule has 0 saturated carbocycles. The van der Waals surface area contributed by atoms with E-state index in [4.69, 9.17) is 11.6 Å². The van der Waals surface area contributed by atoms with Gasteiger partial charge in [0.1, 0.15) is 0 Å². The van der Waals surface area contributed by atoms with Crippen molar-refractivity contribution < 1.29 is 13.2 Å². The summed E-state index contributed by atoms with van der Waals surface area (Å²) in [6.07, 6.45) is 1.23. The SMILES string of the molecule is Cc1cccc(CN(CCC(=O)Nc2ccc(Cl)cc2C)S(C)(=O)=O)c1. The molecule has 0 radical (unpaired) electrons. The van der Waals surface area contributed by atoms with Crippen LogP contribution in [0.15, 0.2) is 42.5 Å². The van der Waals surface area contributed by atoms with E-state index in [1.165, 1.54) is 4.31 Å². The lowest BCUT2D eigenvalue weighted by Crippen LogP contribution is -2.32. The van der Waals surface area contributed by atoms with Gasteiger partial charge in [0, 0.05) is 30.2 Å². The van der Waals surface area contributed by atoms with E-state index >= 15 is 0 Å². The van der Waals surface area contributed by atoms with Gasteiger partial charge in [0.2, 0.25) is 15.9 Å². The molecule has 0 fully saturated rings. The molecule has 2 rings (SSSR count). The number of halogens is 1. The maximum Gasteiger partial charge on any atom is 0.225 e. The van der Waals surface area contributed by atoms with Crippen molar-refractivity contribution in [3.05, 3.63) is 64.2 Å². The lowest BCUT2D eigenvalue weighted by Gasteiger charge is -2.20. The van der Waals surface area contributed by atoms with Gasteiger partial charge in [-0.05, 0) is 43.2 Å². The van der Waals surface area contributed by atoms with Crippen LogP contribution in [0.3, 0.4) is 0 Å². The Kier molecular flexibility index (Phi) is 6.81. The molecular weight excluding hydrogens is 372 g/mol. The van der Waals surface area contributed by atoms with Gasteiger partial charge in [0.05, 0.1) is 6.26 Å². The Morgan fingerprint density at radius 1 is 1.15 bits per heavy atom. The Labute approximate surface area is 160 Å². The highest BCUT2D eigenvalue weighted by Crippen LogP contribution is 2.20. The molecule has 0 aromatic heterocycles. The minimum Gasteiger partial charge on any atom is -0.326 e. The molecule has 7 heteroatoms. The molecule has 0 aliphatic rings. The van der Waals surface area contributed by atoms with Gasteiger partial charge in [-0.2, -0.15) is 4.31 Å². The van der Waals surface area contributed by atoms with Crippen molar-refractivity contribution in [2.45, 2.75) is 26.8 Å². The second-order valence-electron chi connectivity index (χ2n) is 6.34. The van der Waals surface area contributed by atoms with Crippen molar-refractivity contribution in [1.82, 2.24) is 4.31 Å². The zero-order valence-corrected chi connectivity index (χ0v) is 16.7. The highest BCUT2D eigenvalue weighted by atomic mass is 35.5. The van der Waals surface area contributed by atoms with Crippen LogP contribution in [0.4, 0.5) is 5.69 Å². The first-order chi connectivity index (χ1) is 12.1. The van der Waals surface area contributed by atoms with E-state index in [1.54, 1.807) is 18.2 Å². The summed E-state index contributed by atoms with van der Waals surface area (Å²) in [6, 6.07) is 12.9. The Bertz CT molecular complexity index is 897. The highest BCUT2D eigenvalue weighted by molar-refractivity contribution is 7.88. The van der Waals surface area contributed by atoms with Gasteiger partial charge < -0.3 is 5.32 Å². The molecule has 2 aromatic rings. The van der Waals surface area contributed by atoms with Crippen molar-refractivity contribution >= 4 is 33.2 Å². The minimum absolute atomic E-state index is 0.0704. The smallest absolute Gasteiger partial charge is 0.225 e. The molecule has 26 heavy (non-hydrogen) atoms. The largest absolute Gasteiger partial charge is 0.326 e. The summed E-state index contributed by atoms with van der Waals surface area (Å²) in [6.45, 7) is 4.16. The Morgan fingerprint density at radius 3 is 2.50 bits per heavy atom. The zero-order chi connectivity index (χ0) is 19.3. The van der Waals surface area contributed by atoms with Crippen LogP contribution in [0.5, 0.6) is 0 Å². The Hall–Kier alpha value is -1.89. The monoisotopic (exact) mass is 394 g/mol. The van der Waals surface area contributed by atoms with Crippen LogP contribution in [0.25, 0.3) is 0 Å². The van der Waals surface area contributed by atoms with Crippen molar-refractivity contribution in [2.24, 2.45) is 0 Å². The topological polar surface area (TPSA) is 66.5 Å². The summed E-state index contributed by atoms with van der Waals surface area (Å²) < 4.78 is 25.4. The van der Waals surface area contributed by atoms with Crippen molar-refractivity contribution in [2.75, 3.05) is 18.1 Å². The molecular formula is C19H23ClN2O3S. The number of anilines is 1. The quantitative estimate of drug-likeness (QED) is 0.777. The van der Waals surface area contributed by atoms with Crippen LogP contribution >= 0.6 is 11.6 Å².